The fourth-order valence-corrected chi connectivity index (χ4v) is 2.07. The molecule has 0 bridgehead atoms. The quantitative estimate of drug-likeness (QED) is 0.854. The van der Waals surface area contributed by atoms with Gasteiger partial charge in [-0.25, -0.2) is 0 Å². The Bertz CT molecular complexity index is 334. The molecule has 0 radical (unpaired) electrons. The third-order valence-corrected chi connectivity index (χ3v) is 3.01. The van der Waals surface area contributed by atoms with Crippen LogP contribution in [0.2, 0.25) is 5.02 Å². The van der Waals surface area contributed by atoms with E-state index in [1.165, 1.54) is 6.42 Å². The molecule has 1 N–H and O–H groups in total. The molecule has 2 nitrogen and oxygen atoms in total. The van der Waals surface area contributed by atoms with Gasteiger partial charge in [0, 0.05) is 17.5 Å². The fraction of sp³-hybridized carbons (Fsp3) is 0.500. The first kappa shape index (κ1) is 10.8. The number of rotatable bonds is 3. The van der Waals surface area contributed by atoms with Crippen LogP contribution < -0.4 is 10.1 Å². The molecule has 1 heterocycles. The van der Waals surface area contributed by atoms with Gasteiger partial charge in [0.05, 0.1) is 6.61 Å². The van der Waals surface area contributed by atoms with Crippen molar-refractivity contribution in [2.24, 2.45) is 5.92 Å². The molecule has 1 saturated heterocycles. The van der Waals surface area contributed by atoms with Crippen LogP contribution in [0.5, 0.6) is 5.75 Å². The van der Waals surface area contributed by atoms with Gasteiger partial charge in [-0.15, -0.1) is 0 Å². The first-order valence-corrected chi connectivity index (χ1v) is 5.73. The molecule has 2 rings (SSSR count). The highest BCUT2D eigenvalue weighted by molar-refractivity contribution is 6.30. The molecule has 1 aliphatic rings. The molecule has 0 aromatic heterocycles. The van der Waals surface area contributed by atoms with Crippen LogP contribution >= 0.6 is 11.6 Å². The Kier molecular flexibility index (Phi) is 3.49. The van der Waals surface area contributed by atoms with Crippen LogP contribution in [0, 0.1) is 12.8 Å². The highest BCUT2D eigenvalue weighted by atomic mass is 35.5. The van der Waals surface area contributed by atoms with Crippen LogP contribution in [0.1, 0.15) is 12.0 Å². The summed E-state index contributed by atoms with van der Waals surface area (Å²) in [5.41, 5.74) is 1.11. The van der Waals surface area contributed by atoms with Crippen molar-refractivity contribution >= 4 is 11.6 Å². The lowest BCUT2D eigenvalue weighted by Gasteiger charge is -2.12. The van der Waals surface area contributed by atoms with E-state index >= 15 is 0 Å². The zero-order valence-electron chi connectivity index (χ0n) is 8.92. The third-order valence-electron chi connectivity index (χ3n) is 2.77. The Labute approximate surface area is 95.6 Å². The lowest BCUT2D eigenvalue weighted by atomic mass is 10.1. The van der Waals surface area contributed by atoms with E-state index in [4.69, 9.17) is 16.3 Å². The molecule has 15 heavy (non-hydrogen) atoms. The average Bonchev–Trinajstić information content (AvgIpc) is 2.69. The Morgan fingerprint density at radius 1 is 1.53 bits per heavy atom. The Hall–Kier alpha value is -0.730. The maximum atomic E-state index is 5.88. The summed E-state index contributed by atoms with van der Waals surface area (Å²) < 4.78 is 5.78. The molecule has 1 fully saturated rings. The van der Waals surface area contributed by atoms with E-state index in [9.17, 15) is 0 Å². The number of halogens is 1. The summed E-state index contributed by atoms with van der Waals surface area (Å²) in [4.78, 5) is 0. The second-order valence-electron chi connectivity index (χ2n) is 4.08. The van der Waals surface area contributed by atoms with E-state index < -0.39 is 0 Å². The van der Waals surface area contributed by atoms with Crippen molar-refractivity contribution in [1.82, 2.24) is 5.32 Å². The maximum absolute atomic E-state index is 5.88. The Balaban J connectivity index is 1.92. The average molecular weight is 226 g/mol. The predicted molar refractivity (Wildman–Crippen MR) is 62.7 cm³/mol. The van der Waals surface area contributed by atoms with Crippen LogP contribution in [0.3, 0.4) is 0 Å². The van der Waals surface area contributed by atoms with E-state index in [1.807, 2.05) is 25.1 Å². The van der Waals surface area contributed by atoms with Crippen molar-refractivity contribution in [3.05, 3.63) is 28.8 Å². The number of ether oxygens (including phenoxy) is 1. The summed E-state index contributed by atoms with van der Waals surface area (Å²) in [6.07, 6.45) is 1.21. The molecular formula is C12H16ClNO. The molecule has 0 spiro atoms. The second kappa shape index (κ2) is 4.86. The second-order valence-corrected chi connectivity index (χ2v) is 4.52. The standard InChI is InChI=1S/C12H16ClNO/c1-9-6-11(13)2-3-12(9)15-8-10-4-5-14-7-10/h2-3,6,10,14H,4-5,7-8H2,1H3/t10-/m0/s1. The van der Waals surface area contributed by atoms with Crippen molar-refractivity contribution in [1.29, 1.82) is 0 Å². The van der Waals surface area contributed by atoms with Crippen LogP contribution in [0.4, 0.5) is 0 Å². The van der Waals surface area contributed by atoms with Crippen LogP contribution in [-0.4, -0.2) is 19.7 Å². The van der Waals surface area contributed by atoms with Crippen LogP contribution in [-0.2, 0) is 0 Å². The summed E-state index contributed by atoms with van der Waals surface area (Å²) in [7, 11) is 0. The van der Waals surface area contributed by atoms with Gasteiger partial charge in [0.15, 0.2) is 0 Å². The summed E-state index contributed by atoms with van der Waals surface area (Å²) in [5, 5.41) is 4.10. The molecule has 0 unspecified atom stereocenters. The Morgan fingerprint density at radius 3 is 3.07 bits per heavy atom. The van der Waals surface area contributed by atoms with Gasteiger partial charge in [0.2, 0.25) is 0 Å². The maximum Gasteiger partial charge on any atom is 0.122 e. The molecule has 1 aliphatic heterocycles. The van der Waals surface area contributed by atoms with Gasteiger partial charge in [-0.3, -0.25) is 0 Å². The zero-order valence-corrected chi connectivity index (χ0v) is 9.68. The molecule has 1 atom stereocenters. The number of benzene rings is 1. The van der Waals surface area contributed by atoms with Gasteiger partial charge >= 0.3 is 0 Å². The number of hydrogen-bond acceptors (Lipinski definition) is 2. The summed E-state index contributed by atoms with van der Waals surface area (Å²) >= 11 is 5.88. The zero-order chi connectivity index (χ0) is 10.7. The lowest BCUT2D eigenvalue weighted by molar-refractivity contribution is 0.258. The number of aryl methyl sites for hydroxylation is 1. The summed E-state index contributed by atoms with van der Waals surface area (Å²) in [6.45, 7) is 5.02. The van der Waals surface area contributed by atoms with Gasteiger partial charge < -0.3 is 10.1 Å². The van der Waals surface area contributed by atoms with Crippen molar-refractivity contribution < 1.29 is 4.74 Å². The molecule has 0 saturated carbocycles. The van der Waals surface area contributed by atoms with Crippen molar-refractivity contribution in [2.75, 3.05) is 19.7 Å². The van der Waals surface area contributed by atoms with E-state index in [0.717, 1.165) is 36.0 Å². The smallest absolute Gasteiger partial charge is 0.122 e. The molecule has 1 aromatic rings. The largest absolute Gasteiger partial charge is 0.493 e. The minimum absolute atomic E-state index is 0.653. The Morgan fingerprint density at radius 2 is 2.40 bits per heavy atom. The molecular weight excluding hydrogens is 210 g/mol. The van der Waals surface area contributed by atoms with E-state index in [2.05, 4.69) is 5.32 Å². The van der Waals surface area contributed by atoms with Crippen LogP contribution in [0.25, 0.3) is 0 Å². The molecule has 0 amide bonds. The normalized spacial score (nSPS) is 20.5. The van der Waals surface area contributed by atoms with E-state index in [-0.39, 0.29) is 0 Å². The van der Waals surface area contributed by atoms with E-state index in [1.54, 1.807) is 0 Å². The highest BCUT2D eigenvalue weighted by Gasteiger charge is 2.15. The van der Waals surface area contributed by atoms with Crippen LogP contribution in [0.15, 0.2) is 18.2 Å². The van der Waals surface area contributed by atoms with Crippen molar-refractivity contribution in [3.63, 3.8) is 0 Å². The van der Waals surface area contributed by atoms with Gasteiger partial charge in [-0.05, 0) is 43.7 Å². The summed E-state index contributed by atoms with van der Waals surface area (Å²) in [6, 6.07) is 5.75. The first-order valence-electron chi connectivity index (χ1n) is 5.35. The molecule has 0 aliphatic carbocycles. The van der Waals surface area contributed by atoms with Gasteiger partial charge in [-0.1, -0.05) is 11.6 Å². The highest BCUT2D eigenvalue weighted by Crippen LogP contribution is 2.22. The van der Waals surface area contributed by atoms with Crippen molar-refractivity contribution in [2.45, 2.75) is 13.3 Å². The minimum atomic E-state index is 0.653. The van der Waals surface area contributed by atoms with Gasteiger partial charge in [0.25, 0.3) is 0 Å². The lowest BCUT2D eigenvalue weighted by Crippen LogP contribution is -2.15. The molecule has 1 aromatic carbocycles. The predicted octanol–water partition coefficient (Wildman–Crippen LogP) is 2.64. The number of nitrogens with one attached hydrogen (secondary N) is 1. The molecule has 82 valence electrons. The molecule has 3 heteroatoms. The first-order chi connectivity index (χ1) is 7.25. The SMILES string of the molecule is Cc1cc(Cl)ccc1OC[C@H]1CCNC1. The topological polar surface area (TPSA) is 21.3 Å². The number of hydrogen-bond donors (Lipinski definition) is 1. The third kappa shape index (κ3) is 2.86. The van der Waals surface area contributed by atoms with Crippen molar-refractivity contribution in [3.8, 4) is 5.75 Å². The van der Waals surface area contributed by atoms with Gasteiger partial charge in [0.1, 0.15) is 5.75 Å². The van der Waals surface area contributed by atoms with E-state index in [0.29, 0.717) is 5.92 Å². The fourth-order valence-electron chi connectivity index (χ4n) is 1.84. The summed E-state index contributed by atoms with van der Waals surface area (Å²) in [5.74, 6) is 1.60. The monoisotopic (exact) mass is 225 g/mol. The van der Waals surface area contributed by atoms with Gasteiger partial charge in [-0.2, -0.15) is 0 Å². The minimum Gasteiger partial charge on any atom is -0.493 e.